The second kappa shape index (κ2) is 6.54. The van der Waals surface area contributed by atoms with Gasteiger partial charge in [0.05, 0.1) is 16.8 Å². The monoisotopic (exact) mass is 294 g/mol. The minimum Gasteiger partial charge on any atom is -0.393 e. The van der Waals surface area contributed by atoms with Gasteiger partial charge in [-0.2, -0.15) is 0 Å². The van der Waals surface area contributed by atoms with Crippen LogP contribution in [0.15, 0.2) is 5.38 Å². The molecule has 2 heterocycles. The van der Waals surface area contributed by atoms with Crippen molar-refractivity contribution in [1.82, 2.24) is 9.88 Å². The summed E-state index contributed by atoms with van der Waals surface area (Å²) in [7, 11) is 0. The van der Waals surface area contributed by atoms with Crippen molar-refractivity contribution in [2.24, 2.45) is 5.92 Å². The number of aliphatic hydroxyl groups excluding tert-OH is 1. The summed E-state index contributed by atoms with van der Waals surface area (Å²) < 4.78 is 0. The first-order chi connectivity index (χ1) is 9.78. The number of thiazole rings is 1. The average molecular weight is 294 g/mol. The van der Waals surface area contributed by atoms with E-state index in [0.717, 1.165) is 19.4 Å². The minimum absolute atomic E-state index is 0.0674. The molecule has 1 saturated heterocycles. The molecule has 112 valence electrons. The van der Waals surface area contributed by atoms with E-state index in [2.05, 4.69) is 17.2 Å². The molecule has 1 aliphatic carbocycles. The second-order valence-electron chi connectivity index (χ2n) is 6.28. The van der Waals surface area contributed by atoms with Crippen molar-refractivity contribution in [1.29, 1.82) is 0 Å². The molecule has 0 amide bonds. The molecule has 3 atom stereocenters. The molecule has 0 aromatic carbocycles. The van der Waals surface area contributed by atoms with Crippen LogP contribution >= 0.6 is 11.3 Å². The van der Waals surface area contributed by atoms with E-state index in [4.69, 9.17) is 4.98 Å². The van der Waals surface area contributed by atoms with Crippen LogP contribution in [-0.4, -0.2) is 33.7 Å². The Kier molecular flexibility index (Phi) is 4.74. The molecule has 3 rings (SSSR count). The lowest BCUT2D eigenvalue weighted by atomic mass is 9.87. The van der Waals surface area contributed by atoms with Crippen LogP contribution in [0.3, 0.4) is 0 Å². The summed E-state index contributed by atoms with van der Waals surface area (Å²) in [4.78, 5) is 7.31. The minimum atomic E-state index is -0.0674. The van der Waals surface area contributed by atoms with Crippen LogP contribution in [0.2, 0.25) is 0 Å². The van der Waals surface area contributed by atoms with Gasteiger partial charge in [-0.25, -0.2) is 4.98 Å². The number of piperidine rings is 1. The third-order valence-electron chi connectivity index (χ3n) is 4.96. The van der Waals surface area contributed by atoms with Gasteiger partial charge in [0.1, 0.15) is 0 Å². The summed E-state index contributed by atoms with van der Waals surface area (Å²) >= 11 is 1.78. The Morgan fingerprint density at radius 2 is 2.20 bits per heavy atom. The Hall–Kier alpha value is -0.450. The first kappa shape index (κ1) is 14.5. The van der Waals surface area contributed by atoms with Crippen LogP contribution < -0.4 is 0 Å². The largest absolute Gasteiger partial charge is 0.393 e. The molecular weight excluding hydrogens is 268 g/mol. The van der Waals surface area contributed by atoms with Gasteiger partial charge in [-0.05, 0) is 38.6 Å². The number of aliphatic hydroxyl groups is 1. The van der Waals surface area contributed by atoms with Crippen molar-refractivity contribution in [3.63, 3.8) is 0 Å². The third-order valence-corrected chi connectivity index (χ3v) is 6.00. The SMILES string of the molecule is CCc1nc(CN2CCCCC2C2CCCC2O)cs1. The molecule has 4 heteroatoms. The number of rotatable bonds is 4. The highest BCUT2D eigenvalue weighted by atomic mass is 32.1. The van der Waals surface area contributed by atoms with E-state index in [-0.39, 0.29) is 6.10 Å². The topological polar surface area (TPSA) is 36.4 Å². The Bertz CT molecular complexity index is 434. The quantitative estimate of drug-likeness (QED) is 0.926. The van der Waals surface area contributed by atoms with Crippen LogP contribution in [0, 0.1) is 5.92 Å². The number of hydrogen-bond acceptors (Lipinski definition) is 4. The van der Waals surface area contributed by atoms with Crippen molar-refractivity contribution >= 4 is 11.3 Å². The summed E-state index contributed by atoms with van der Waals surface area (Å²) in [5.74, 6) is 0.500. The highest BCUT2D eigenvalue weighted by Gasteiger charge is 2.36. The van der Waals surface area contributed by atoms with Gasteiger partial charge in [-0.3, -0.25) is 4.90 Å². The van der Waals surface area contributed by atoms with E-state index in [1.54, 1.807) is 11.3 Å². The zero-order valence-electron chi connectivity index (χ0n) is 12.4. The van der Waals surface area contributed by atoms with Crippen LogP contribution in [0.25, 0.3) is 0 Å². The lowest BCUT2D eigenvalue weighted by Crippen LogP contribution is -2.45. The number of likely N-dealkylation sites (tertiary alicyclic amines) is 1. The number of hydrogen-bond donors (Lipinski definition) is 1. The van der Waals surface area contributed by atoms with Gasteiger partial charge in [0.15, 0.2) is 0 Å². The normalized spacial score (nSPS) is 31.8. The lowest BCUT2D eigenvalue weighted by molar-refractivity contribution is 0.0307. The molecule has 1 aliphatic heterocycles. The first-order valence-electron chi connectivity index (χ1n) is 8.13. The maximum atomic E-state index is 10.2. The van der Waals surface area contributed by atoms with E-state index < -0.39 is 0 Å². The van der Waals surface area contributed by atoms with Crippen molar-refractivity contribution in [2.45, 2.75) is 70.6 Å². The third kappa shape index (κ3) is 3.07. The molecule has 0 spiro atoms. The van der Waals surface area contributed by atoms with Crippen molar-refractivity contribution in [2.75, 3.05) is 6.54 Å². The predicted octanol–water partition coefficient (Wildman–Crippen LogP) is 3.22. The fraction of sp³-hybridized carbons (Fsp3) is 0.812. The Morgan fingerprint density at radius 3 is 2.90 bits per heavy atom. The van der Waals surface area contributed by atoms with Gasteiger partial charge >= 0.3 is 0 Å². The number of aryl methyl sites for hydroxylation is 1. The van der Waals surface area contributed by atoms with E-state index in [1.165, 1.54) is 49.4 Å². The molecule has 1 N–H and O–H groups in total. The van der Waals surface area contributed by atoms with Gasteiger partial charge in [0.2, 0.25) is 0 Å². The predicted molar refractivity (Wildman–Crippen MR) is 82.9 cm³/mol. The summed E-state index contributed by atoms with van der Waals surface area (Å²) in [6, 6.07) is 0.577. The molecule has 2 fully saturated rings. The molecule has 0 radical (unpaired) electrons. The van der Waals surface area contributed by atoms with Crippen LogP contribution in [0.5, 0.6) is 0 Å². The molecule has 2 aliphatic rings. The standard InChI is InChI=1S/C16H26N2OS/c1-2-16-17-12(11-20-16)10-18-9-4-3-7-14(18)13-6-5-8-15(13)19/h11,13-15,19H,2-10H2,1H3. The number of nitrogens with zero attached hydrogens (tertiary/aromatic N) is 2. The molecule has 1 aromatic rings. The van der Waals surface area contributed by atoms with E-state index in [0.29, 0.717) is 12.0 Å². The van der Waals surface area contributed by atoms with Gasteiger partial charge in [0, 0.05) is 23.9 Å². The number of aromatic nitrogens is 1. The van der Waals surface area contributed by atoms with Gasteiger partial charge in [-0.15, -0.1) is 11.3 Å². The van der Waals surface area contributed by atoms with Crippen molar-refractivity contribution in [3.05, 3.63) is 16.1 Å². The first-order valence-corrected chi connectivity index (χ1v) is 9.01. The van der Waals surface area contributed by atoms with Crippen molar-refractivity contribution in [3.8, 4) is 0 Å². The highest BCUT2D eigenvalue weighted by Crippen LogP contribution is 2.35. The summed E-state index contributed by atoms with van der Waals surface area (Å²) in [5, 5.41) is 13.7. The fourth-order valence-electron chi connectivity index (χ4n) is 3.91. The van der Waals surface area contributed by atoms with Gasteiger partial charge < -0.3 is 5.11 Å². The zero-order valence-corrected chi connectivity index (χ0v) is 13.2. The highest BCUT2D eigenvalue weighted by molar-refractivity contribution is 7.09. The Balaban J connectivity index is 1.68. The van der Waals surface area contributed by atoms with Gasteiger partial charge in [0.25, 0.3) is 0 Å². The fourth-order valence-corrected chi connectivity index (χ4v) is 4.64. The maximum Gasteiger partial charge on any atom is 0.0926 e. The Morgan fingerprint density at radius 1 is 1.30 bits per heavy atom. The average Bonchev–Trinajstić information content (AvgIpc) is 3.08. The molecular formula is C16H26N2OS. The zero-order chi connectivity index (χ0) is 13.9. The van der Waals surface area contributed by atoms with Crippen LogP contribution in [0.4, 0.5) is 0 Å². The van der Waals surface area contributed by atoms with E-state index >= 15 is 0 Å². The molecule has 1 aromatic heterocycles. The molecule has 20 heavy (non-hydrogen) atoms. The smallest absolute Gasteiger partial charge is 0.0926 e. The lowest BCUT2D eigenvalue weighted by Gasteiger charge is -2.40. The van der Waals surface area contributed by atoms with E-state index in [9.17, 15) is 5.11 Å². The molecule has 3 nitrogen and oxygen atoms in total. The molecule has 0 bridgehead atoms. The van der Waals surface area contributed by atoms with Crippen LogP contribution in [0.1, 0.15) is 56.2 Å². The Labute approximate surface area is 126 Å². The molecule has 3 unspecified atom stereocenters. The van der Waals surface area contributed by atoms with Crippen molar-refractivity contribution < 1.29 is 5.11 Å². The van der Waals surface area contributed by atoms with Gasteiger partial charge in [-0.1, -0.05) is 19.8 Å². The van der Waals surface area contributed by atoms with Crippen LogP contribution in [-0.2, 0) is 13.0 Å². The summed E-state index contributed by atoms with van der Waals surface area (Å²) in [6.07, 6.45) is 8.26. The van der Waals surface area contributed by atoms with E-state index in [1.807, 2.05) is 0 Å². The summed E-state index contributed by atoms with van der Waals surface area (Å²) in [6.45, 7) is 4.32. The summed E-state index contributed by atoms with van der Waals surface area (Å²) in [5.41, 5.74) is 1.23. The maximum absolute atomic E-state index is 10.2. The molecule has 1 saturated carbocycles. The second-order valence-corrected chi connectivity index (χ2v) is 7.22.